The lowest BCUT2D eigenvalue weighted by Crippen LogP contribution is -2.12. The summed E-state index contributed by atoms with van der Waals surface area (Å²) in [6.07, 6.45) is 0. The molecule has 3 rings (SSSR count). The number of carbonyl (C=O) groups excluding carboxylic acids is 1. The number of hydrogen-bond acceptors (Lipinski definition) is 5. The van der Waals surface area contributed by atoms with Crippen molar-refractivity contribution < 1.29 is 23.7 Å². The lowest BCUT2D eigenvalue weighted by atomic mass is 10.1. The van der Waals surface area contributed by atoms with Crippen LogP contribution in [0.3, 0.4) is 0 Å². The van der Waals surface area contributed by atoms with Gasteiger partial charge in [0.15, 0.2) is 11.5 Å². The zero-order valence-electron chi connectivity index (χ0n) is 16.9. The monoisotopic (exact) mass is 471 g/mol. The van der Waals surface area contributed by atoms with E-state index in [0.717, 1.165) is 0 Å². The van der Waals surface area contributed by atoms with Gasteiger partial charge in [0.2, 0.25) is 0 Å². The Kier molecular flexibility index (Phi) is 7.19. The van der Waals surface area contributed by atoms with E-state index in [1.165, 1.54) is 0 Å². The Balaban J connectivity index is 1.71. The lowest BCUT2D eigenvalue weighted by Gasteiger charge is -2.13. The van der Waals surface area contributed by atoms with E-state index in [0.29, 0.717) is 51.1 Å². The first-order valence-electron chi connectivity index (χ1n) is 9.27. The average molecular weight is 472 g/mol. The molecule has 0 saturated heterocycles. The fourth-order valence-electron chi connectivity index (χ4n) is 2.77. The number of anilines is 1. The van der Waals surface area contributed by atoms with Crippen LogP contribution in [0.15, 0.2) is 65.1 Å². The van der Waals surface area contributed by atoms with Crippen molar-refractivity contribution in [3.05, 3.63) is 70.7 Å². The molecule has 0 aromatic heterocycles. The van der Waals surface area contributed by atoms with Gasteiger partial charge in [0.1, 0.15) is 17.2 Å². The summed E-state index contributed by atoms with van der Waals surface area (Å²) in [6, 6.07) is 17.8. The van der Waals surface area contributed by atoms with E-state index < -0.39 is 0 Å². The van der Waals surface area contributed by atoms with Gasteiger partial charge in [0.25, 0.3) is 5.91 Å². The van der Waals surface area contributed by atoms with Gasteiger partial charge in [-0.1, -0.05) is 6.07 Å². The normalized spacial score (nSPS) is 10.3. The van der Waals surface area contributed by atoms with Crippen molar-refractivity contribution in [3.8, 4) is 28.7 Å². The molecule has 6 nitrogen and oxygen atoms in total. The molecular formula is C23H22BrNO5. The average Bonchev–Trinajstić information content (AvgIpc) is 2.75. The van der Waals surface area contributed by atoms with Crippen molar-refractivity contribution >= 4 is 27.5 Å². The topological polar surface area (TPSA) is 66.0 Å². The Labute approximate surface area is 183 Å². The summed E-state index contributed by atoms with van der Waals surface area (Å²) in [5.41, 5.74) is 1.09. The predicted molar refractivity (Wildman–Crippen MR) is 119 cm³/mol. The maximum Gasteiger partial charge on any atom is 0.255 e. The van der Waals surface area contributed by atoms with E-state index in [1.807, 2.05) is 25.1 Å². The van der Waals surface area contributed by atoms with Crippen LogP contribution in [-0.2, 0) is 0 Å². The first kappa shape index (κ1) is 21.5. The second-order valence-corrected chi connectivity index (χ2v) is 7.04. The number of hydrogen-bond donors (Lipinski definition) is 1. The summed E-state index contributed by atoms with van der Waals surface area (Å²) in [4.78, 5) is 12.7. The molecule has 0 fully saturated rings. The predicted octanol–water partition coefficient (Wildman–Crippen LogP) is 5.91. The summed E-state index contributed by atoms with van der Waals surface area (Å²) < 4.78 is 22.6. The fourth-order valence-corrected chi connectivity index (χ4v) is 3.37. The molecule has 0 saturated carbocycles. The molecule has 0 atom stereocenters. The maximum atomic E-state index is 12.7. The number of carbonyl (C=O) groups is 1. The Hall–Kier alpha value is -3.19. The molecule has 0 bridgehead atoms. The van der Waals surface area contributed by atoms with Gasteiger partial charge in [-0.05, 0) is 71.4 Å². The van der Waals surface area contributed by atoms with Crippen molar-refractivity contribution in [2.75, 3.05) is 26.1 Å². The Morgan fingerprint density at radius 1 is 0.933 bits per heavy atom. The minimum atomic E-state index is -0.263. The second-order valence-electron chi connectivity index (χ2n) is 6.18. The van der Waals surface area contributed by atoms with E-state index in [-0.39, 0.29) is 5.91 Å². The number of halogens is 1. The molecule has 7 heteroatoms. The van der Waals surface area contributed by atoms with Gasteiger partial charge in [-0.2, -0.15) is 0 Å². The fraction of sp³-hybridized carbons (Fsp3) is 0.174. The third-order valence-electron chi connectivity index (χ3n) is 4.16. The molecule has 0 aliphatic carbocycles. The van der Waals surface area contributed by atoms with Crippen molar-refractivity contribution in [2.45, 2.75) is 6.92 Å². The van der Waals surface area contributed by atoms with Crippen LogP contribution < -0.4 is 24.3 Å². The van der Waals surface area contributed by atoms with E-state index in [2.05, 4.69) is 21.2 Å². The van der Waals surface area contributed by atoms with E-state index in [9.17, 15) is 4.79 Å². The molecule has 0 heterocycles. The molecule has 0 radical (unpaired) electrons. The zero-order chi connectivity index (χ0) is 21.5. The summed E-state index contributed by atoms with van der Waals surface area (Å²) in [7, 11) is 3.16. The second kappa shape index (κ2) is 10.0. The third kappa shape index (κ3) is 5.24. The molecule has 0 aliphatic heterocycles. The zero-order valence-corrected chi connectivity index (χ0v) is 18.5. The SMILES string of the molecule is CCOc1cc(C(=O)Nc2ccc(Oc3cccc(OC)c3)cc2)cc(Br)c1OC. The Morgan fingerprint density at radius 3 is 2.33 bits per heavy atom. The number of methoxy groups -OCH3 is 2. The van der Waals surface area contributed by atoms with Crippen molar-refractivity contribution in [2.24, 2.45) is 0 Å². The van der Waals surface area contributed by atoms with Crippen LogP contribution in [0.1, 0.15) is 17.3 Å². The number of ether oxygens (including phenoxy) is 4. The van der Waals surface area contributed by atoms with Gasteiger partial charge in [-0.3, -0.25) is 4.79 Å². The number of rotatable bonds is 8. The maximum absolute atomic E-state index is 12.7. The van der Waals surface area contributed by atoms with Crippen molar-refractivity contribution in [1.29, 1.82) is 0 Å². The van der Waals surface area contributed by atoms with Crippen molar-refractivity contribution in [3.63, 3.8) is 0 Å². The van der Waals surface area contributed by atoms with Gasteiger partial charge in [-0.25, -0.2) is 0 Å². The number of benzene rings is 3. The van der Waals surface area contributed by atoms with Crippen LogP contribution in [0.4, 0.5) is 5.69 Å². The molecule has 0 aliphatic rings. The molecule has 3 aromatic rings. The summed E-state index contributed by atoms with van der Waals surface area (Å²) in [6.45, 7) is 2.33. The quantitative estimate of drug-likeness (QED) is 0.442. The molecule has 3 aromatic carbocycles. The Morgan fingerprint density at radius 2 is 1.67 bits per heavy atom. The van der Waals surface area contributed by atoms with Crippen LogP contribution in [-0.4, -0.2) is 26.7 Å². The minimum Gasteiger partial charge on any atom is -0.497 e. The highest BCUT2D eigenvalue weighted by molar-refractivity contribution is 9.10. The van der Waals surface area contributed by atoms with Gasteiger partial charge in [0.05, 0.1) is 25.3 Å². The van der Waals surface area contributed by atoms with Gasteiger partial charge < -0.3 is 24.3 Å². The lowest BCUT2D eigenvalue weighted by molar-refractivity contribution is 0.102. The van der Waals surface area contributed by atoms with Crippen LogP contribution in [0.2, 0.25) is 0 Å². The highest BCUT2D eigenvalue weighted by atomic mass is 79.9. The molecule has 30 heavy (non-hydrogen) atoms. The van der Waals surface area contributed by atoms with Crippen LogP contribution >= 0.6 is 15.9 Å². The number of nitrogens with one attached hydrogen (secondary N) is 1. The molecule has 156 valence electrons. The summed E-state index contributed by atoms with van der Waals surface area (Å²) in [5, 5.41) is 2.87. The first-order valence-corrected chi connectivity index (χ1v) is 10.1. The minimum absolute atomic E-state index is 0.263. The smallest absolute Gasteiger partial charge is 0.255 e. The molecule has 1 amide bonds. The Bertz CT molecular complexity index is 1020. The molecular weight excluding hydrogens is 450 g/mol. The van der Waals surface area contributed by atoms with Gasteiger partial charge >= 0.3 is 0 Å². The largest absolute Gasteiger partial charge is 0.497 e. The van der Waals surface area contributed by atoms with E-state index >= 15 is 0 Å². The van der Waals surface area contributed by atoms with E-state index in [4.69, 9.17) is 18.9 Å². The van der Waals surface area contributed by atoms with Crippen LogP contribution in [0, 0.1) is 0 Å². The highest BCUT2D eigenvalue weighted by Crippen LogP contribution is 2.36. The van der Waals surface area contributed by atoms with Crippen LogP contribution in [0.25, 0.3) is 0 Å². The van der Waals surface area contributed by atoms with Gasteiger partial charge in [0, 0.05) is 17.3 Å². The third-order valence-corrected chi connectivity index (χ3v) is 4.75. The van der Waals surface area contributed by atoms with E-state index in [1.54, 1.807) is 56.7 Å². The molecule has 0 unspecified atom stereocenters. The summed E-state index contributed by atoms with van der Waals surface area (Å²) in [5.74, 6) is 2.81. The first-order chi connectivity index (χ1) is 14.5. The molecule has 1 N–H and O–H groups in total. The summed E-state index contributed by atoms with van der Waals surface area (Å²) >= 11 is 3.42. The van der Waals surface area contributed by atoms with Crippen LogP contribution in [0.5, 0.6) is 28.7 Å². The number of amides is 1. The van der Waals surface area contributed by atoms with Crippen molar-refractivity contribution in [1.82, 2.24) is 0 Å². The molecule has 0 spiro atoms. The highest BCUT2D eigenvalue weighted by Gasteiger charge is 2.15. The van der Waals surface area contributed by atoms with Gasteiger partial charge in [-0.15, -0.1) is 0 Å². The standard InChI is InChI=1S/C23H22BrNO5/c1-4-29-21-13-15(12-20(24)22(21)28-3)23(26)25-16-8-10-17(11-9-16)30-19-7-5-6-18(14-19)27-2/h5-14H,4H2,1-3H3,(H,25,26).